The molecule has 0 spiro atoms. The molecule has 4 rings (SSSR count). The van der Waals surface area contributed by atoms with Crippen molar-refractivity contribution in [3.63, 3.8) is 0 Å². The quantitative estimate of drug-likeness (QED) is 0.885. The number of fused-ring (bicyclic) bond motifs is 1. The van der Waals surface area contributed by atoms with E-state index in [2.05, 4.69) is 20.4 Å². The lowest BCUT2D eigenvalue weighted by Gasteiger charge is -2.21. The van der Waals surface area contributed by atoms with Crippen LogP contribution in [0, 0.1) is 5.41 Å². The molecule has 2 atom stereocenters. The maximum absolute atomic E-state index is 12.2. The second-order valence-corrected chi connectivity index (χ2v) is 8.14. The van der Waals surface area contributed by atoms with E-state index in [9.17, 15) is 4.79 Å². The Hall–Kier alpha value is -2.61. The van der Waals surface area contributed by atoms with E-state index in [-0.39, 0.29) is 24.8 Å². The Balaban J connectivity index is 1.48. The van der Waals surface area contributed by atoms with Gasteiger partial charge in [-0.25, -0.2) is 0 Å². The number of amides is 1. The van der Waals surface area contributed by atoms with E-state index in [1.807, 2.05) is 46.0 Å². The van der Waals surface area contributed by atoms with E-state index in [1.54, 1.807) is 0 Å². The zero-order chi connectivity index (χ0) is 19.2. The highest BCUT2D eigenvalue weighted by molar-refractivity contribution is 5.81. The fourth-order valence-electron chi connectivity index (χ4n) is 3.32. The molecule has 1 amide bonds. The summed E-state index contributed by atoms with van der Waals surface area (Å²) in [6.45, 7) is 6.70. The Kier molecular flexibility index (Phi) is 4.30. The van der Waals surface area contributed by atoms with E-state index in [0.717, 1.165) is 24.3 Å². The molecule has 144 valence electrons. The number of nitrogens with zero attached hydrogens (tertiary/aromatic N) is 3. The zero-order valence-electron chi connectivity index (χ0n) is 16.0. The van der Waals surface area contributed by atoms with E-state index < -0.39 is 5.41 Å². The predicted molar refractivity (Wildman–Crippen MR) is 97.2 cm³/mol. The van der Waals surface area contributed by atoms with Gasteiger partial charge < -0.3 is 19.3 Å². The highest BCUT2D eigenvalue weighted by atomic mass is 16.7. The van der Waals surface area contributed by atoms with Crippen LogP contribution in [0.5, 0.6) is 11.5 Å². The highest BCUT2D eigenvalue weighted by Gasteiger charge is 2.36. The average Bonchev–Trinajstić information content (AvgIpc) is 3.32. The number of ether oxygens (including phenoxy) is 2. The summed E-state index contributed by atoms with van der Waals surface area (Å²) < 4.78 is 16.3. The topological polar surface area (TPSA) is 89.7 Å². The molecule has 1 aromatic carbocycles. The lowest BCUT2D eigenvalue weighted by atomic mass is 9.95. The normalized spacial score (nSPS) is 22.2. The number of hydrogen-bond donors (Lipinski definition) is 1. The Labute approximate surface area is 157 Å². The molecule has 1 saturated heterocycles. The fourth-order valence-corrected chi connectivity index (χ4v) is 3.32. The van der Waals surface area contributed by atoms with Gasteiger partial charge in [-0.2, -0.15) is 4.98 Å². The molecule has 0 aliphatic carbocycles. The zero-order valence-corrected chi connectivity index (χ0v) is 16.0. The molecule has 0 radical (unpaired) electrons. The van der Waals surface area contributed by atoms with Gasteiger partial charge in [0.15, 0.2) is 11.5 Å². The number of benzene rings is 1. The smallest absolute Gasteiger partial charge is 0.244 e. The van der Waals surface area contributed by atoms with Crippen LogP contribution >= 0.6 is 0 Å². The number of nitrogens with one attached hydrogen (secondary N) is 1. The number of aromatic nitrogens is 2. The van der Waals surface area contributed by atoms with E-state index in [4.69, 9.17) is 14.0 Å². The third-order valence-corrected chi connectivity index (χ3v) is 4.92. The second-order valence-electron chi connectivity index (χ2n) is 8.14. The van der Waals surface area contributed by atoms with Crippen LogP contribution in [0.25, 0.3) is 11.4 Å². The van der Waals surface area contributed by atoms with E-state index in [1.165, 1.54) is 0 Å². The van der Waals surface area contributed by atoms with Crippen LogP contribution in [0.3, 0.4) is 0 Å². The minimum atomic E-state index is -0.409. The monoisotopic (exact) mass is 372 g/mol. The van der Waals surface area contributed by atoms with Crippen molar-refractivity contribution in [3.05, 3.63) is 24.1 Å². The molecule has 2 aliphatic heterocycles. The first-order valence-electron chi connectivity index (χ1n) is 9.06. The summed E-state index contributed by atoms with van der Waals surface area (Å²) in [6, 6.07) is 5.61. The number of likely N-dealkylation sites (N-methyl/N-ethyl adjacent to an activating group) is 1. The van der Waals surface area contributed by atoms with Crippen LogP contribution in [0.15, 0.2) is 22.7 Å². The summed E-state index contributed by atoms with van der Waals surface area (Å²) >= 11 is 0. The molecule has 1 fully saturated rings. The third-order valence-electron chi connectivity index (χ3n) is 4.92. The minimum absolute atomic E-state index is 0.0227. The molecule has 0 saturated carbocycles. The van der Waals surface area contributed by atoms with Crippen LogP contribution in [-0.2, 0) is 4.79 Å². The highest BCUT2D eigenvalue weighted by Crippen LogP contribution is 2.36. The minimum Gasteiger partial charge on any atom is -0.454 e. The summed E-state index contributed by atoms with van der Waals surface area (Å²) in [7, 11) is 2.00. The van der Waals surface area contributed by atoms with Gasteiger partial charge in [0, 0.05) is 23.6 Å². The van der Waals surface area contributed by atoms with Gasteiger partial charge in [0.05, 0.1) is 6.04 Å². The first-order valence-corrected chi connectivity index (χ1v) is 9.06. The first-order chi connectivity index (χ1) is 12.8. The fraction of sp³-hybridized carbons (Fsp3) is 0.526. The number of hydrogen-bond acceptors (Lipinski definition) is 7. The number of rotatable bonds is 3. The predicted octanol–water partition coefficient (Wildman–Crippen LogP) is 2.37. The van der Waals surface area contributed by atoms with E-state index >= 15 is 0 Å². The van der Waals surface area contributed by atoms with Gasteiger partial charge >= 0.3 is 0 Å². The molecular formula is C19H24N4O4. The molecular weight excluding hydrogens is 348 g/mol. The molecule has 8 heteroatoms. The van der Waals surface area contributed by atoms with Gasteiger partial charge in [-0.1, -0.05) is 25.9 Å². The Bertz CT molecular complexity index is 858. The summed E-state index contributed by atoms with van der Waals surface area (Å²) in [5.41, 5.74) is 0.403. The van der Waals surface area contributed by atoms with Crippen LogP contribution in [0.1, 0.15) is 39.1 Å². The SMILES string of the molecule is CN1CC(NC(=O)C(C)(C)C)CC1c1nc(-c2ccc3c(c2)OCO3)no1. The van der Waals surface area contributed by atoms with Crippen molar-refractivity contribution in [1.29, 1.82) is 0 Å². The largest absolute Gasteiger partial charge is 0.454 e. The van der Waals surface area contributed by atoms with E-state index in [0.29, 0.717) is 17.5 Å². The van der Waals surface area contributed by atoms with Crippen molar-refractivity contribution >= 4 is 5.91 Å². The van der Waals surface area contributed by atoms with Crippen molar-refractivity contribution in [2.45, 2.75) is 39.3 Å². The molecule has 1 aromatic heterocycles. The molecule has 8 nitrogen and oxygen atoms in total. The average molecular weight is 372 g/mol. The van der Waals surface area contributed by atoms with Gasteiger partial charge in [-0.05, 0) is 31.7 Å². The number of likely N-dealkylation sites (tertiary alicyclic amines) is 1. The molecule has 2 aliphatic rings. The Morgan fingerprint density at radius 3 is 2.81 bits per heavy atom. The van der Waals surface area contributed by atoms with Gasteiger partial charge in [0.1, 0.15) is 0 Å². The summed E-state index contributed by atoms with van der Waals surface area (Å²) in [5.74, 6) is 2.52. The molecule has 27 heavy (non-hydrogen) atoms. The molecule has 3 heterocycles. The summed E-state index contributed by atoms with van der Waals surface area (Å²) in [5, 5.41) is 7.23. The maximum Gasteiger partial charge on any atom is 0.244 e. The van der Waals surface area contributed by atoms with Crippen molar-refractivity contribution in [2.24, 2.45) is 5.41 Å². The van der Waals surface area contributed by atoms with Gasteiger partial charge in [0.25, 0.3) is 0 Å². The van der Waals surface area contributed by atoms with Crippen molar-refractivity contribution in [1.82, 2.24) is 20.4 Å². The molecule has 0 bridgehead atoms. The Morgan fingerprint density at radius 2 is 2.04 bits per heavy atom. The standard InChI is InChI=1S/C19H24N4O4/c1-19(2,3)18(24)20-12-8-13(23(4)9-12)17-21-16(22-27-17)11-5-6-14-15(7-11)26-10-25-14/h5-7,12-13H,8-10H2,1-4H3,(H,20,24). The second kappa shape index (κ2) is 6.53. The first kappa shape index (κ1) is 17.8. The summed E-state index contributed by atoms with van der Waals surface area (Å²) in [4.78, 5) is 19.0. The molecule has 2 unspecified atom stereocenters. The van der Waals surface area contributed by atoms with Crippen LogP contribution in [-0.4, -0.2) is 47.4 Å². The van der Waals surface area contributed by atoms with Crippen LogP contribution in [0.4, 0.5) is 0 Å². The maximum atomic E-state index is 12.2. The lowest BCUT2D eigenvalue weighted by molar-refractivity contribution is -0.129. The summed E-state index contributed by atoms with van der Waals surface area (Å²) in [6.07, 6.45) is 0.737. The third kappa shape index (κ3) is 3.49. The molecule has 2 aromatic rings. The Morgan fingerprint density at radius 1 is 1.26 bits per heavy atom. The van der Waals surface area contributed by atoms with Crippen LogP contribution in [0.2, 0.25) is 0 Å². The van der Waals surface area contributed by atoms with Crippen molar-refractivity contribution < 1.29 is 18.8 Å². The van der Waals surface area contributed by atoms with Crippen molar-refractivity contribution in [3.8, 4) is 22.9 Å². The number of carbonyl (C=O) groups is 1. The van der Waals surface area contributed by atoms with Crippen LogP contribution < -0.4 is 14.8 Å². The van der Waals surface area contributed by atoms with Gasteiger partial charge in [0.2, 0.25) is 24.4 Å². The van der Waals surface area contributed by atoms with Crippen molar-refractivity contribution in [2.75, 3.05) is 20.4 Å². The number of carbonyl (C=O) groups excluding carboxylic acids is 1. The van der Waals surface area contributed by atoms with Gasteiger partial charge in [-0.15, -0.1) is 0 Å². The molecule has 1 N–H and O–H groups in total. The lowest BCUT2D eigenvalue weighted by Crippen LogP contribution is -2.42. The van der Waals surface area contributed by atoms with Gasteiger partial charge in [-0.3, -0.25) is 9.69 Å².